The minimum absolute atomic E-state index is 0.0166. The van der Waals surface area contributed by atoms with Crippen molar-refractivity contribution in [1.82, 2.24) is 5.32 Å². The zero-order chi connectivity index (χ0) is 14.0. The first-order valence-electron chi connectivity index (χ1n) is 7.44. The third kappa shape index (κ3) is 2.47. The molecule has 1 atom stereocenters. The molecule has 2 aliphatic rings. The predicted molar refractivity (Wildman–Crippen MR) is 75.8 cm³/mol. The second kappa shape index (κ2) is 5.35. The molecule has 20 heavy (non-hydrogen) atoms. The number of alkyl carbamates (subject to hydrolysis) is 1. The number of carbonyl (C=O) groups excluding carboxylic acids is 1. The van der Waals surface area contributed by atoms with Gasteiger partial charge in [-0.15, -0.1) is 0 Å². The van der Waals surface area contributed by atoms with Gasteiger partial charge in [0.1, 0.15) is 11.4 Å². The third-order valence-electron chi connectivity index (χ3n) is 4.28. The molecule has 1 aliphatic carbocycles. The van der Waals surface area contributed by atoms with Crippen LogP contribution in [0.15, 0.2) is 24.3 Å². The number of benzene rings is 1. The molecule has 4 nitrogen and oxygen atoms in total. The molecule has 0 radical (unpaired) electrons. The summed E-state index contributed by atoms with van der Waals surface area (Å²) in [6.45, 7) is 2.21. The van der Waals surface area contributed by atoms with Crippen LogP contribution in [0.25, 0.3) is 0 Å². The summed E-state index contributed by atoms with van der Waals surface area (Å²) < 4.78 is 11.3. The maximum Gasteiger partial charge on any atom is 0.407 e. The molecule has 1 aliphatic heterocycles. The Morgan fingerprint density at radius 2 is 2.15 bits per heavy atom. The Morgan fingerprint density at radius 1 is 1.40 bits per heavy atom. The van der Waals surface area contributed by atoms with Crippen molar-refractivity contribution in [2.24, 2.45) is 0 Å². The standard InChI is InChI=1S/C16H21NO3/c1-2-19-15(18)17-13-11-16(9-5-6-10-16)20-14-8-4-3-7-12(13)14/h3-4,7-8,13H,2,5-6,9-11H2,1H3,(H,17,18). The van der Waals surface area contributed by atoms with Crippen LogP contribution < -0.4 is 10.1 Å². The van der Waals surface area contributed by atoms with Crippen LogP contribution >= 0.6 is 0 Å². The Hall–Kier alpha value is -1.71. The van der Waals surface area contributed by atoms with Gasteiger partial charge in [0.25, 0.3) is 0 Å². The summed E-state index contributed by atoms with van der Waals surface area (Å²) >= 11 is 0. The zero-order valence-electron chi connectivity index (χ0n) is 11.9. The summed E-state index contributed by atoms with van der Waals surface area (Å²) in [4.78, 5) is 11.8. The smallest absolute Gasteiger partial charge is 0.407 e. The lowest BCUT2D eigenvalue weighted by molar-refractivity contribution is 0.0359. The maximum absolute atomic E-state index is 11.8. The quantitative estimate of drug-likeness (QED) is 0.897. The van der Waals surface area contributed by atoms with Crippen LogP contribution in [0, 0.1) is 0 Å². The molecule has 1 heterocycles. The van der Waals surface area contributed by atoms with E-state index in [0.717, 1.165) is 30.6 Å². The van der Waals surface area contributed by atoms with E-state index in [9.17, 15) is 4.79 Å². The number of hydrogen-bond acceptors (Lipinski definition) is 3. The second-order valence-corrected chi connectivity index (χ2v) is 5.65. The molecular formula is C16H21NO3. The van der Waals surface area contributed by atoms with E-state index in [-0.39, 0.29) is 17.7 Å². The topological polar surface area (TPSA) is 47.6 Å². The highest BCUT2D eigenvalue weighted by atomic mass is 16.5. The van der Waals surface area contributed by atoms with Gasteiger partial charge in [0.05, 0.1) is 12.6 Å². The van der Waals surface area contributed by atoms with Crippen molar-refractivity contribution in [2.75, 3.05) is 6.61 Å². The number of para-hydroxylation sites is 1. The van der Waals surface area contributed by atoms with E-state index in [2.05, 4.69) is 5.32 Å². The van der Waals surface area contributed by atoms with Gasteiger partial charge in [-0.1, -0.05) is 18.2 Å². The molecule has 1 unspecified atom stereocenters. The molecule has 1 amide bonds. The van der Waals surface area contributed by atoms with E-state index in [1.54, 1.807) is 0 Å². The number of nitrogens with one attached hydrogen (secondary N) is 1. The van der Waals surface area contributed by atoms with Gasteiger partial charge in [0.15, 0.2) is 0 Å². The van der Waals surface area contributed by atoms with Gasteiger partial charge in [0, 0.05) is 12.0 Å². The first-order valence-corrected chi connectivity index (χ1v) is 7.44. The highest BCUT2D eigenvalue weighted by molar-refractivity contribution is 5.68. The lowest BCUT2D eigenvalue weighted by atomic mass is 9.86. The van der Waals surface area contributed by atoms with E-state index in [4.69, 9.17) is 9.47 Å². The van der Waals surface area contributed by atoms with Gasteiger partial charge < -0.3 is 14.8 Å². The average molecular weight is 275 g/mol. The predicted octanol–water partition coefficient (Wildman–Crippen LogP) is 3.57. The maximum atomic E-state index is 11.8. The third-order valence-corrected chi connectivity index (χ3v) is 4.28. The molecule has 0 bridgehead atoms. The molecule has 0 saturated heterocycles. The van der Waals surface area contributed by atoms with E-state index >= 15 is 0 Å². The molecule has 1 fully saturated rings. The molecule has 1 N–H and O–H groups in total. The molecular weight excluding hydrogens is 254 g/mol. The van der Waals surface area contributed by atoms with Gasteiger partial charge in [-0.2, -0.15) is 0 Å². The molecule has 1 aromatic carbocycles. The fraction of sp³-hybridized carbons (Fsp3) is 0.562. The van der Waals surface area contributed by atoms with Gasteiger partial charge in [0.2, 0.25) is 0 Å². The van der Waals surface area contributed by atoms with Crippen molar-refractivity contribution in [3.8, 4) is 5.75 Å². The highest BCUT2D eigenvalue weighted by Gasteiger charge is 2.43. The van der Waals surface area contributed by atoms with Crippen LogP contribution in [-0.2, 0) is 4.74 Å². The van der Waals surface area contributed by atoms with Crippen LogP contribution in [0.4, 0.5) is 4.79 Å². The summed E-state index contributed by atoms with van der Waals surface area (Å²) in [5.41, 5.74) is 0.955. The summed E-state index contributed by atoms with van der Waals surface area (Å²) in [5.74, 6) is 0.905. The SMILES string of the molecule is CCOC(=O)NC1CC2(CCCC2)Oc2ccccc21. The van der Waals surface area contributed by atoms with Crippen molar-refractivity contribution < 1.29 is 14.3 Å². The normalized spacial score (nSPS) is 22.9. The molecule has 4 heteroatoms. The zero-order valence-corrected chi connectivity index (χ0v) is 11.9. The number of carbonyl (C=O) groups is 1. The Bertz CT molecular complexity index is 494. The number of fused-ring (bicyclic) bond motifs is 1. The summed E-state index contributed by atoms with van der Waals surface area (Å²) in [7, 11) is 0. The fourth-order valence-electron chi connectivity index (χ4n) is 3.39. The fourth-order valence-corrected chi connectivity index (χ4v) is 3.39. The van der Waals surface area contributed by atoms with Gasteiger partial charge >= 0.3 is 6.09 Å². The molecule has 0 aromatic heterocycles. The average Bonchev–Trinajstić information content (AvgIpc) is 2.87. The minimum atomic E-state index is -0.345. The van der Waals surface area contributed by atoms with Crippen molar-refractivity contribution in [3.05, 3.63) is 29.8 Å². The van der Waals surface area contributed by atoms with E-state index in [1.165, 1.54) is 12.8 Å². The monoisotopic (exact) mass is 275 g/mol. The Kier molecular flexibility index (Phi) is 3.55. The molecule has 108 valence electrons. The highest BCUT2D eigenvalue weighted by Crippen LogP contribution is 2.46. The van der Waals surface area contributed by atoms with E-state index in [0.29, 0.717) is 6.61 Å². The van der Waals surface area contributed by atoms with Crippen LogP contribution in [-0.4, -0.2) is 18.3 Å². The number of rotatable bonds is 2. The largest absolute Gasteiger partial charge is 0.487 e. The molecule has 1 spiro atoms. The molecule has 3 rings (SSSR count). The second-order valence-electron chi connectivity index (χ2n) is 5.65. The van der Waals surface area contributed by atoms with Gasteiger partial charge in [-0.05, 0) is 38.7 Å². The number of amides is 1. The first kappa shape index (κ1) is 13.3. The van der Waals surface area contributed by atoms with Crippen molar-refractivity contribution in [1.29, 1.82) is 0 Å². The Balaban J connectivity index is 1.85. The van der Waals surface area contributed by atoms with Crippen LogP contribution in [0.5, 0.6) is 5.75 Å². The lowest BCUT2D eigenvalue weighted by Gasteiger charge is -2.40. The van der Waals surface area contributed by atoms with Crippen molar-refractivity contribution in [3.63, 3.8) is 0 Å². The minimum Gasteiger partial charge on any atom is -0.487 e. The van der Waals surface area contributed by atoms with Crippen LogP contribution in [0.2, 0.25) is 0 Å². The first-order chi connectivity index (χ1) is 9.72. The van der Waals surface area contributed by atoms with Gasteiger partial charge in [-0.25, -0.2) is 4.79 Å². The van der Waals surface area contributed by atoms with Crippen molar-refractivity contribution in [2.45, 2.75) is 50.7 Å². The van der Waals surface area contributed by atoms with Crippen molar-refractivity contribution >= 4 is 6.09 Å². The van der Waals surface area contributed by atoms with Crippen LogP contribution in [0.1, 0.15) is 50.6 Å². The summed E-state index contributed by atoms with van der Waals surface area (Å²) in [6, 6.07) is 7.96. The lowest BCUT2D eigenvalue weighted by Crippen LogP contribution is -2.43. The number of hydrogen-bond donors (Lipinski definition) is 1. The van der Waals surface area contributed by atoms with E-state index in [1.807, 2.05) is 31.2 Å². The van der Waals surface area contributed by atoms with E-state index < -0.39 is 0 Å². The summed E-state index contributed by atoms with van der Waals surface area (Å²) in [5, 5.41) is 2.99. The number of ether oxygens (including phenoxy) is 2. The van der Waals surface area contributed by atoms with Gasteiger partial charge in [-0.3, -0.25) is 0 Å². The Labute approximate surface area is 119 Å². The van der Waals surface area contributed by atoms with Crippen LogP contribution in [0.3, 0.4) is 0 Å². The molecule has 1 aromatic rings. The Morgan fingerprint density at radius 3 is 2.90 bits per heavy atom. The summed E-state index contributed by atoms with van der Waals surface area (Å²) in [6.07, 6.45) is 5.04. The molecule has 1 saturated carbocycles.